The van der Waals surface area contributed by atoms with Crippen molar-refractivity contribution in [2.75, 3.05) is 6.54 Å². The van der Waals surface area contributed by atoms with Crippen LogP contribution in [-0.2, 0) is 6.42 Å². The van der Waals surface area contributed by atoms with Crippen molar-refractivity contribution in [3.8, 4) is 0 Å². The zero-order valence-corrected chi connectivity index (χ0v) is 11.2. The molecule has 0 aliphatic rings. The zero-order chi connectivity index (χ0) is 13.0. The second kappa shape index (κ2) is 5.83. The van der Waals surface area contributed by atoms with E-state index >= 15 is 0 Å². The van der Waals surface area contributed by atoms with Crippen molar-refractivity contribution in [3.05, 3.63) is 52.9 Å². The Hall–Kier alpha value is -1.61. The first-order valence-corrected chi connectivity index (χ1v) is 6.38. The molecule has 1 N–H and O–H groups in total. The summed E-state index contributed by atoms with van der Waals surface area (Å²) in [6.07, 6.45) is 1.04. The first-order valence-electron chi connectivity index (χ1n) is 6.38. The minimum absolute atomic E-state index is 0.278. The Morgan fingerprint density at radius 2 is 1.94 bits per heavy atom. The van der Waals surface area contributed by atoms with E-state index < -0.39 is 0 Å². The van der Waals surface area contributed by atoms with E-state index in [2.05, 4.69) is 41.7 Å². The summed E-state index contributed by atoms with van der Waals surface area (Å²) < 4.78 is 5.19. The molecule has 3 heteroatoms. The van der Waals surface area contributed by atoms with E-state index in [0.29, 0.717) is 0 Å². The molecule has 0 radical (unpaired) electrons. The predicted octanol–water partition coefficient (Wildman–Crippen LogP) is 3.18. The third-order valence-electron chi connectivity index (χ3n) is 3.23. The number of hydrogen-bond acceptors (Lipinski definition) is 3. The van der Waals surface area contributed by atoms with Gasteiger partial charge in [0, 0.05) is 11.6 Å². The molecule has 1 aromatic carbocycles. The Morgan fingerprint density at radius 1 is 1.22 bits per heavy atom. The van der Waals surface area contributed by atoms with E-state index in [4.69, 9.17) is 4.52 Å². The highest BCUT2D eigenvalue weighted by Gasteiger charge is 2.15. The Labute approximate surface area is 108 Å². The summed E-state index contributed by atoms with van der Waals surface area (Å²) in [6, 6.07) is 10.8. The predicted molar refractivity (Wildman–Crippen MR) is 72.5 cm³/mol. The molecule has 18 heavy (non-hydrogen) atoms. The minimum Gasteiger partial charge on any atom is -0.361 e. The van der Waals surface area contributed by atoms with E-state index in [-0.39, 0.29) is 6.04 Å². The zero-order valence-electron chi connectivity index (χ0n) is 11.2. The summed E-state index contributed by atoms with van der Waals surface area (Å²) in [5.74, 6) is 0.909. The van der Waals surface area contributed by atoms with Gasteiger partial charge in [-0.3, -0.25) is 0 Å². The van der Waals surface area contributed by atoms with Crippen LogP contribution < -0.4 is 5.32 Å². The Morgan fingerprint density at radius 3 is 2.56 bits per heavy atom. The molecular formula is C15H20N2O. The average molecular weight is 244 g/mol. The molecule has 0 saturated carbocycles. The van der Waals surface area contributed by atoms with E-state index in [1.807, 2.05) is 19.9 Å². The highest BCUT2D eigenvalue weighted by molar-refractivity contribution is 5.24. The Bertz CT molecular complexity index is 471. The normalized spacial score (nSPS) is 12.6. The lowest BCUT2D eigenvalue weighted by atomic mass is 10.1. The third-order valence-corrected chi connectivity index (χ3v) is 3.23. The van der Waals surface area contributed by atoms with Crippen LogP contribution in [0.1, 0.15) is 35.5 Å². The van der Waals surface area contributed by atoms with Gasteiger partial charge in [0.1, 0.15) is 5.76 Å². The van der Waals surface area contributed by atoms with Crippen LogP contribution in [0, 0.1) is 13.8 Å². The maximum Gasteiger partial charge on any atom is 0.138 e. The molecule has 2 aromatic rings. The maximum absolute atomic E-state index is 5.19. The Balaban J connectivity index is 1.88. The van der Waals surface area contributed by atoms with Gasteiger partial charge in [-0.2, -0.15) is 0 Å². The lowest BCUT2D eigenvalue weighted by Crippen LogP contribution is -2.22. The summed E-state index contributed by atoms with van der Waals surface area (Å²) in [6.45, 7) is 7.05. The summed E-state index contributed by atoms with van der Waals surface area (Å²) >= 11 is 0. The van der Waals surface area contributed by atoms with E-state index in [9.17, 15) is 0 Å². The van der Waals surface area contributed by atoms with Crippen LogP contribution >= 0.6 is 0 Å². The first kappa shape index (κ1) is 12.8. The van der Waals surface area contributed by atoms with Crippen molar-refractivity contribution in [1.29, 1.82) is 0 Å². The van der Waals surface area contributed by atoms with Crippen LogP contribution in [0.3, 0.4) is 0 Å². The molecule has 0 aliphatic carbocycles. The van der Waals surface area contributed by atoms with E-state index in [1.54, 1.807) is 0 Å². The largest absolute Gasteiger partial charge is 0.361 e. The first-order chi connectivity index (χ1) is 8.68. The van der Waals surface area contributed by atoms with E-state index in [1.165, 1.54) is 11.1 Å². The van der Waals surface area contributed by atoms with Crippen molar-refractivity contribution in [3.63, 3.8) is 0 Å². The molecule has 0 saturated heterocycles. The second-order valence-corrected chi connectivity index (χ2v) is 4.65. The standard InChI is InChI=1S/C15H20N2O/c1-11(15-12(2)17-18-13(15)3)16-10-9-14-7-5-4-6-8-14/h4-8,11,16H,9-10H2,1-3H3. The molecule has 1 atom stereocenters. The number of aromatic nitrogens is 1. The fourth-order valence-corrected chi connectivity index (χ4v) is 2.29. The fraction of sp³-hybridized carbons (Fsp3) is 0.400. The number of benzene rings is 1. The maximum atomic E-state index is 5.19. The molecule has 1 unspecified atom stereocenters. The number of aryl methyl sites for hydroxylation is 2. The molecule has 0 amide bonds. The molecule has 0 spiro atoms. The van der Waals surface area contributed by atoms with Crippen molar-refractivity contribution in [1.82, 2.24) is 10.5 Å². The van der Waals surface area contributed by atoms with Gasteiger partial charge in [-0.05, 0) is 39.3 Å². The van der Waals surface area contributed by atoms with Crippen molar-refractivity contribution < 1.29 is 4.52 Å². The minimum atomic E-state index is 0.278. The molecule has 0 bridgehead atoms. The van der Waals surface area contributed by atoms with Gasteiger partial charge in [0.25, 0.3) is 0 Å². The van der Waals surface area contributed by atoms with Crippen LogP contribution in [0.5, 0.6) is 0 Å². The van der Waals surface area contributed by atoms with Crippen LogP contribution in [0.4, 0.5) is 0 Å². The molecule has 0 aliphatic heterocycles. The van der Waals surface area contributed by atoms with Gasteiger partial charge < -0.3 is 9.84 Å². The molecule has 3 nitrogen and oxygen atoms in total. The molecular weight excluding hydrogens is 224 g/mol. The smallest absolute Gasteiger partial charge is 0.138 e. The third kappa shape index (κ3) is 2.99. The van der Waals surface area contributed by atoms with Gasteiger partial charge >= 0.3 is 0 Å². The summed E-state index contributed by atoms with van der Waals surface area (Å²) in [4.78, 5) is 0. The van der Waals surface area contributed by atoms with Crippen LogP contribution in [-0.4, -0.2) is 11.7 Å². The van der Waals surface area contributed by atoms with Gasteiger partial charge in [0.2, 0.25) is 0 Å². The number of nitrogens with zero attached hydrogens (tertiary/aromatic N) is 1. The quantitative estimate of drug-likeness (QED) is 0.877. The van der Waals surface area contributed by atoms with Crippen LogP contribution in [0.2, 0.25) is 0 Å². The molecule has 0 fully saturated rings. The fourth-order valence-electron chi connectivity index (χ4n) is 2.29. The van der Waals surface area contributed by atoms with Crippen LogP contribution in [0.25, 0.3) is 0 Å². The number of hydrogen-bond donors (Lipinski definition) is 1. The molecule has 1 heterocycles. The van der Waals surface area contributed by atoms with Crippen LogP contribution in [0.15, 0.2) is 34.9 Å². The van der Waals surface area contributed by atoms with Crippen molar-refractivity contribution in [2.24, 2.45) is 0 Å². The van der Waals surface area contributed by atoms with Gasteiger partial charge in [0.15, 0.2) is 0 Å². The summed E-state index contributed by atoms with van der Waals surface area (Å²) in [5, 5.41) is 7.50. The topological polar surface area (TPSA) is 38.1 Å². The highest BCUT2D eigenvalue weighted by Crippen LogP contribution is 2.20. The molecule has 1 aromatic heterocycles. The van der Waals surface area contributed by atoms with Gasteiger partial charge in [-0.15, -0.1) is 0 Å². The lowest BCUT2D eigenvalue weighted by molar-refractivity contribution is 0.390. The summed E-state index contributed by atoms with van der Waals surface area (Å²) in [7, 11) is 0. The number of nitrogens with one attached hydrogen (secondary N) is 1. The van der Waals surface area contributed by atoms with Crippen molar-refractivity contribution >= 4 is 0 Å². The number of rotatable bonds is 5. The van der Waals surface area contributed by atoms with Gasteiger partial charge in [-0.1, -0.05) is 35.5 Å². The van der Waals surface area contributed by atoms with Gasteiger partial charge in [-0.25, -0.2) is 0 Å². The molecule has 96 valence electrons. The van der Waals surface area contributed by atoms with E-state index in [0.717, 1.165) is 24.4 Å². The SMILES string of the molecule is Cc1noc(C)c1C(C)NCCc1ccccc1. The molecule has 2 rings (SSSR count). The highest BCUT2D eigenvalue weighted by atomic mass is 16.5. The lowest BCUT2D eigenvalue weighted by Gasteiger charge is -2.13. The monoisotopic (exact) mass is 244 g/mol. The van der Waals surface area contributed by atoms with Crippen molar-refractivity contribution in [2.45, 2.75) is 33.2 Å². The summed E-state index contributed by atoms with van der Waals surface area (Å²) in [5.41, 5.74) is 3.52. The second-order valence-electron chi connectivity index (χ2n) is 4.65. The van der Waals surface area contributed by atoms with Gasteiger partial charge in [0.05, 0.1) is 5.69 Å². The average Bonchev–Trinajstić information content (AvgIpc) is 2.70. The Kier molecular flexibility index (Phi) is 4.15.